The third kappa shape index (κ3) is 7.77. The van der Waals surface area contributed by atoms with E-state index in [0.29, 0.717) is 32.5 Å². The number of nitrogens with zero attached hydrogens (tertiary/aromatic N) is 6. The lowest BCUT2D eigenvalue weighted by Gasteiger charge is -2.35. The van der Waals surface area contributed by atoms with Crippen LogP contribution in [0.1, 0.15) is 63.8 Å². The molecule has 3 N–H and O–H groups in total. The summed E-state index contributed by atoms with van der Waals surface area (Å²) in [4.78, 5) is 33.3. The van der Waals surface area contributed by atoms with Crippen LogP contribution in [0, 0.1) is 10.8 Å². The zero-order chi connectivity index (χ0) is 38.5. The predicted molar refractivity (Wildman–Crippen MR) is 193 cm³/mol. The van der Waals surface area contributed by atoms with Gasteiger partial charge >= 0.3 is 22.9 Å². The third-order valence-electron chi connectivity index (χ3n) is 8.99. The van der Waals surface area contributed by atoms with E-state index in [9.17, 15) is 32.2 Å². The predicted octanol–water partition coefficient (Wildman–Crippen LogP) is 5.74. The number of hydrogen-bond donors (Lipinski definition) is 3. The van der Waals surface area contributed by atoms with Crippen LogP contribution in [0.4, 0.5) is 13.6 Å². The molecule has 2 amide bonds. The highest BCUT2D eigenvalue weighted by Gasteiger charge is 2.54. The number of hydrogen-bond acceptors (Lipinski definition) is 8. The molecule has 2 aliphatic rings. The van der Waals surface area contributed by atoms with E-state index in [-0.39, 0.29) is 35.7 Å². The first-order valence-corrected chi connectivity index (χ1v) is 18.5. The second-order valence-electron chi connectivity index (χ2n) is 14.5. The normalized spacial score (nSPS) is 18.5. The molecule has 53 heavy (non-hydrogen) atoms. The van der Waals surface area contributed by atoms with E-state index in [1.807, 2.05) is 20.8 Å². The minimum absolute atomic E-state index is 0.0112. The van der Waals surface area contributed by atoms with E-state index >= 15 is 0 Å². The Morgan fingerprint density at radius 1 is 1.15 bits per heavy atom. The van der Waals surface area contributed by atoms with Crippen molar-refractivity contribution in [3.63, 3.8) is 0 Å². The number of rotatable bonds is 12. The number of imidazole rings is 1. The summed E-state index contributed by atoms with van der Waals surface area (Å²) in [5.41, 5.74) is 0.738. The molecule has 0 unspecified atom stereocenters. The Balaban J connectivity index is 1.39. The van der Waals surface area contributed by atoms with Crippen molar-refractivity contribution in [3.8, 4) is 22.4 Å². The van der Waals surface area contributed by atoms with E-state index in [1.165, 1.54) is 37.6 Å². The van der Waals surface area contributed by atoms with E-state index < -0.39 is 45.8 Å². The van der Waals surface area contributed by atoms with Crippen molar-refractivity contribution in [2.75, 3.05) is 20.7 Å². The fourth-order valence-corrected chi connectivity index (χ4v) is 7.28. The molecule has 2 atom stereocenters. The minimum atomic E-state index is -3.87. The summed E-state index contributed by atoms with van der Waals surface area (Å²) in [6, 6.07) is 10.7. The molecule has 0 radical (unpaired) electrons. The van der Waals surface area contributed by atoms with Gasteiger partial charge in [-0.2, -0.15) is 26.6 Å². The molecule has 1 saturated heterocycles. The van der Waals surface area contributed by atoms with Crippen molar-refractivity contribution in [1.82, 2.24) is 38.6 Å². The number of alkyl halides is 2. The number of halogens is 3. The molecule has 6 rings (SSSR count). The number of amides is 2. The van der Waals surface area contributed by atoms with E-state index in [1.54, 1.807) is 42.5 Å². The Morgan fingerprint density at radius 2 is 1.85 bits per heavy atom. The van der Waals surface area contributed by atoms with Gasteiger partial charge in [-0.1, -0.05) is 62.7 Å². The summed E-state index contributed by atoms with van der Waals surface area (Å²) in [6.07, 6.45) is 6.27. The van der Waals surface area contributed by atoms with Crippen LogP contribution in [-0.4, -0.2) is 81.1 Å². The van der Waals surface area contributed by atoms with Gasteiger partial charge in [0.05, 0.1) is 23.0 Å². The zero-order valence-electron chi connectivity index (χ0n) is 29.7. The first-order chi connectivity index (χ1) is 24.9. The Bertz CT molecular complexity index is 2150. The van der Waals surface area contributed by atoms with Crippen molar-refractivity contribution < 1.29 is 31.5 Å². The summed E-state index contributed by atoms with van der Waals surface area (Å²) < 4.78 is 60.1. The number of ether oxygens (including phenoxy) is 1. The van der Waals surface area contributed by atoms with Crippen LogP contribution in [-0.2, 0) is 25.3 Å². The molecular formula is C35H40ClF2N9O5S. The molecule has 1 saturated carbocycles. The third-order valence-corrected chi connectivity index (χ3v) is 11.0. The molecule has 282 valence electrons. The summed E-state index contributed by atoms with van der Waals surface area (Å²) in [6.45, 7) is 2.77. The number of carbonyl (C=O) groups is 2. The Hall–Kier alpha value is -4.87. The molecule has 3 heterocycles. The number of carbonyl (C=O) groups excluding carboxylic acids is 2. The van der Waals surface area contributed by atoms with Gasteiger partial charge in [0.2, 0.25) is 0 Å². The van der Waals surface area contributed by atoms with Gasteiger partial charge in [-0.05, 0) is 53.5 Å². The van der Waals surface area contributed by atoms with Crippen LogP contribution < -0.4 is 10.6 Å². The fraction of sp³-hybridized carbons (Fsp3) is 0.400. The average molecular weight is 772 g/mol. The summed E-state index contributed by atoms with van der Waals surface area (Å²) in [5.74, 6) is -0.722. The van der Waals surface area contributed by atoms with Crippen LogP contribution in [0.5, 0.6) is 0 Å². The van der Waals surface area contributed by atoms with Gasteiger partial charge in [0.15, 0.2) is 5.96 Å². The maximum Gasteiger partial charge on any atom is 0.407 e. The van der Waals surface area contributed by atoms with E-state index in [0.717, 1.165) is 27.4 Å². The van der Waals surface area contributed by atoms with Gasteiger partial charge in [-0.3, -0.25) is 15.1 Å². The maximum absolute atomic E-state index is 15.0. The molecule has 1 aliphatic heterocycles. The minimum Gasteiger partial charge on any atom is -0.447 e. The van der Waals surface area contributed by atoms with Crippen molar-refractivity contribution in [1.29, 1.82) is 5.41 Å². The molecule has 14 nitrogen and oxygen atoms in total. The molecule has 0 bridgehead atoms. The average Bonchev–Trinajstić information content (AvgIpc) is 3.45. The highest BCUT2D eigenvalue weighted by molar-refractivity contribution is 7.87. The highest BCUT2D eigenvalue weighted by Crippen LogP contribution is 2.43. The van der Waals surface area contributed by atoms with Crippen LogP contribution in [0.15, 0.2) is 67.4 Å². The van der Waals surface area contributed by atoms with Crippen LogP contribution in [0.2, 0.25) is 5.02 Å². The van der Waals surface area contributed by atoms with Gasteiger partial charge in [0.1, 0.15) is 18.5 Å². The smallest absolute Gasteiger partial charge is 0.407 e. The molecule has 0 spiro atoms. The van der Waals surface area contributed by atoms with Gasteiger partial charge in [0.25, 0.3) is 5.91 Å². The van der Waals surface area contributed by atoms with Crippen LogP contribution in [0.25, 0.3) is 22.4 Å². The van der Waals surface area contributed by atoms with Crippen LogP contribution in [0.3, 0.4) is 0 Å². The Morgan fingerprint density at radius 3 is 2.45 bits per heavy atom. The lowest BCUT2D eigenvalue weighted by molar-refractivity contribution is -0.134. The van der Waals surface area contributed by atoms with E-state index in [4.69, 9.17) is 16.3 Å². The fourth-order valence-electron chi connectivity index (χ4n) is 6.29. The van der Waals surface area contributed by atoms with Gasteiger partial charge in [0, 0.05) is 43.7 Å². The molecular weight excluding hydrogens is 732 g/mol. The quantitative estimate of drug-likeness (QED) is 0.164. The second-order valence-corrected chi connectivity index (χ2v) is 17.0. The van der Waals surface area contributed by atoms with Crippen molar-refractivity contribution >= 4 is 39.8 Å². The Kier molecular flexibility index (Phi) is 10.1. The van der Waals surface area contributed by atoms with E-state index in [2.05, 4.69) is 20.7 Å². The molecule has 2 aromatic heterocycles. The number of nitrogens with one attached hydrogen (secondary N) is 3. The lowest BCUT2D eigenvalue weighted by atomic mass is 9.75. The first-order valence-electron chi connectivity index (χ1n) is 16.7. The number of aromatic nitrogens is 4. The number of alkyl carbamates (subject to hydrolysis) is 1. The molecule has 2 aromatic carbocycles. The van der Waals surface area contributed by atoms with Gasteiger partial charge < -0.3 is 15.4 Å². The largest absolute Gasteiger partial charge is 0.447 e. The number of guanidine groups is 1. The Labute approximate surface area is 310 Å². The molecule has 18 heteroatoms. The monoisotopic (exact) mass is 771 g/mol. The zero-order valence-corrected chi connectivity index (χ0v) is 31.3. The van der Waals surface area contributed by atoms with Crippen molar-refractivity contribution in [3.05, 3.63) is 83.5 Å². The standard InChI is InChI=1S/C35H40ClF2N9O5S/c1-34(2,3)19-35(24-9-6-21(7-10-24)23-15-41-46(16-23)31(37)38)30(48)47(32(39)43-35)29(18-52-33(49)42-25-11-12-25)22-8-13-27(36)26(14-22)28-17-45(20-40-28)53(50,51)44(4)5/h6-10,13-17,20,25,29,31H,11-12,18-19H2,1-5H3,(H2,39,43)(H,42,49)/t29-,35-/m1/s1. The molecule has 1 aliphatic carbocycles. The summed E-state index contributed by atoms with van der Waals surface area (Å²) in [7, 11) is -1.09. The SMILES string of the molecule is CN(C)S(=O)(=O)n1cnc(-c2cc([C@@H](COC(=O)NC3CC3)N3C(=N)N[C@](CC(C)(C)C)(c4ccc(-c5cnn(C(F)F)c5)cc4)C3=O)ccc2Cl)c1. The van der Waals surface area contributed by atoms with Gasteiger partial charge in [-0.15, -0.1) is 0 Å². The topological polar surface area (TPSA) is 168 Å². The summed E-state index contributed by atoms with van der Waals surface area (Å²) in [5, 5.41) is 19.1. The lowest BCUT2D eigenvalue weighted by Crippen LogP contribution is -2.47. The summed E-state index contributed by atoms with van der Waals surface area (Å²) >= 11 is 6.62. The first kappa shape index (κ1) is 37.9. The van der Waals surface area contributed by atoms with Gasteiger partial charge in [-0.25, -0.2) is 18.4 Å². The van der Waals surface area contributed by atoms with Crippen molar-refractivity contribution in [2.45, 2.75) is 64.2 Å². The van der Waals surface area contributed by atoms with Crippen LogP contribution >= 0.6 is 11.6 Å². The highest BCUT2D eigenvalue weighted by atomic mass is 35.5. The maximum atomic E-state index is 15.0. The molecule has 4 aromatic rings. The van der Waals surface area contributed by atoms with Crippen molar-refractivity contribution in [2.24, 2.45) is 5.41 Å². The number of benzene rings is 2. The second kappa shape index (κ2) is 14.2. The molecule has 2 fully saturated rings.